The number of hydrogen-bond donors (Lipinski definition) is 0. The minimum atomic E-state index is 1.28. The summed E-state index contributed by atoms with van der Waals surface area (Å²) in [6.45, 7) is 6.68. The molecule has 1 heterocycles. The van der Waals surface area contributed by atoms with Gasteiger partial charge in [0.1, 0.15) is 0 Å². The van der Waals surface area contributed by atoms with Gasteiger partial charge in [-0.3, -0.25) is 0 Å². The van der Waals surface area contributed by atoms with Gasteiger partial charge in [0.05, 0.1) is 0 Å². The van der Waals surface area contributed by atoms with Crippen molar-refractivity contribution in [3.8, 4) is 11.1 Å². The van der Waals surface area contributed by atoms with Crippen LogP contribution in [0.5, 0.6) is 0 Å². The molecule has 0 fully saturated rings. The van der Waals surface area contributed by atoms with Crippen LogP contribution in [0.25, 0.3) is 31.3 Å². The summed E-state index contributed by atoms with van der Waals surface area (Å²) in [7, 11) is 0. The summed E-state index contributed by atoms with van der Waals surface area (Å²) in [6.07, 6.45) is 0. The van der Waals surface area contributed by atoms with Gasteiger partial charge in [-0.1, -0.05) is 48.5 Å². The van der Waals surface area contributed by atoms with E-state index in [0.717, 1.165) is 0 Å². The Bertz CT molecular complexity index is 991. The van der Waals surface area contributed by atoms with E-state index in [1.165, 1.54) is 48.0 Å². The molecule has 0 saturated heterocycles. The molecule has 0 spiro atoms. The van der Waals surface area contributed by atoms with Gasteiger partial charge >= 0.3 is 0 Å². The fourth-order valence-corrected chi connectivity index (χ4v) is 4.62. The maximum absolute atomic E-state index is 2.34. The fraction of sp³-hybridized carbons (Fsp3) is 0.143. The molecule has 0 aliphatic heterocycles. The monoisotopic (exact) mass is 302 g/mol. The van der Waals surface area contributed by atoms with E-state index in [9.17, 15) is 0 Å². The Labute approximate surface area is 135 Å². The molecule has 1 heteroatoms. The van der Waals surface area contributed by atoms with Gasteiger partial charge in [-0.15, -0.1) is 11.3 Å². The minimum absolute atomic E-state index is 1.28. The molecule has 4 rings (SSSR count). The summed E-state index contributed by atoms with van der Waals surface area (Å²) in [4.78, 5) is 0. The molecule has 0 aliphatic rings. The topological polar surface area (TPSA) is 0 Å². The summed E-state index contributed by atoms with van der Waals surface area (Å²) in [5.41, 5.74) is 6.78. The average Bonchev–Trinajstić information content (AvgIpc) is 2.92. The highest BCUT2D eigenvalue weighted by molar-refractivity contribution is 7.26. The van der Waals surface area contributed by atoms with E-state index in [0.29, 0.717) is 0 Å². The predicted molar refractivity (Wildman–Crippen MR) is 99.0 cm³/mol. The van der Waals surface area contributed by atoms with Crippen LogP contribution in [-0.2, 0) is 0 Å². The Morgan fingerprint density at radius 1 is 0.727 bits per heavy atom. The zero-order valence-electron chi connectivity index (χ0n) is 13.1. The van der Waals surface area contributed by atoms with E-state index in [-0.39, 0.29) is 0 Å². The second-order valence-electron chi connectivity index (χ2n) is 6.02. The van der Waals surface area contributed by atoms with Crippen LogP contribution < -0.4 is 0 Å². The fourth-order valence-electron chi connectivity index (χ4n) is 3.25. The van der Waals surface area contributed by atoms with Crippen molar-refractivity contribution in [1.29, 1.82) is 0 Å². The van der Waals surface area contributed by atoms with Gasteiger partial charge in [-0.05, 0) is 54.7 Å². The number of fused-ring (bicyclic) bond motifs is 3. The molecule has 0 atom stereocenters. The number of rotatable bonds is 1. The van der Waals surface area contributed by atoms with Crippen molar-refractivity contribution in [2.45, 2.75) is 20.8 Å². The molecule has 0 N–H and O–H groups in total. The van der Waals surface area contributed by atoms with Gasteiger partial charge in [-0.25, -0.2) is 0 Å². The highest BCUT2D eigenvalue weighted by atomic mass is 32.1. The second-order valence-corrected chi connectivity index (χ2v) is 7.07. The molecule has 0 aliphatic carbocycles. The molecular weight excluding hydrogens is 284 g/mol. The Morgan fingerprint density at radius 2 is 1.50 bits per heavy atom. The Kier molecular flexibility index (Phi) is 3.05. The standard InChI is InChI=1S/C21H18S/c1-13-11-14(2)20-18-10-9-17(16-7-5-4-6-8-16)12-19(18)22-21(20)15(13)3/h4-12H,1-3H3. The van der Waals surface area contributed by atoms with Crippen molar-refractivity contribution in [3.05, 3.63) is 71.3 Å². The van der Waals surface area contributed by atoms with E-state index >= 15 is 0 Å². The lowest BCUT2D eigenvalue weighted by Gasteiger charge is -2.05. The smallest absolute Gasteiger partial charge is 0.0389 e. The second kappa shape index (κ2) is 4.96. The lowest BCUT2D eigenvalue weighted by atomic mass is 9.99. The Morgan fingerprint density at radius 3 is 2.27 bits per heavy atom. The molecular formula is C21H18S. The summed E-state index contributed by atoms with van der Waals surface area (Å²) in [5, 5.41) is 2.82. The summed E-state index contributed by atoms with van der Waals surface area (Å²) in [6, 6.07) is 19.8. The van der Waals surface area contributed by atoms with Crippen LogP contribution in [0, 0.1) is 20.8 Å². The molecule has 0 nitrogen and oxygen atoms in total. The predicted octanol–water partition coefficient (Wildman–Crippen LogP) is 6.65. The third-order valence-corrected chi connectivity index (χ3v) is 5.83. The number of benzene rings is 3. The van der Waals surface area contributed by atoms with Crippen LogP contribution in [0.3, 0.4) is 0 Å². The van der Waals surface area contributed by atoms with E-state index in [1.54, 1.807) is 0 Å². The van der Waals surface area contributed by atoms with Crippen molar-refractivity contribution < 1.29 is 0 Å². The van der Waals surface area contributed by atoms with Crippen LogP contribution in [0.15, 0.2) is 54.6 Å². The van der Waals surface area contributed by atoms with E-state index < -0.39 is 0 Å². The molecule has 4 aromatic rings. The number of hydrogen-bond acceptors (Lipinski definition) is 1. The van der Waals surface area contributed by atoms with Crippen molar-refractivity contribution in [2.24, 2.45) is 0 Å². The van der Waals surface area contributed by atoms with E-state index in [1.807, 2.05) is 11.3 Å². The third kappa shape index (κ3) is 1.97. The first-order valence-electron chi connectivity index (χ1n) is 7.63. The highest BCUT2D eigenvalue weighted by Crippen LogP contribution is 2.40. The number of thiophene rings is 1. The van der Waals surface area contributed by atoms with Gasteiger partial charge in [0.2, 0.25) is 0 Å². The first-order valence-corrected chi connectivity index (χ1v) is 8.45. The van der Waals surface area contributed by atoms with Crippen LogP contribution in [0.4, 0.5) is 0 Å². The zero-order chi connectivity index (χ0) is 15.3. The quantitative estimate of drug-likeness (QED) is 0.369. The molecule has 0 unspecified atom stereocenters. The first-order chi connectivity index (χ1) is 10.6. The maximum atomic E-state index is 2.34. The van der Waals surface area contributed by atoms with Crippen molar-refractivity contribution in [2.75, 3.05) is 0 Å². The van der Waals surface area contributed by atoms with Gasteiger partial charge in [0.15, 0.2) is 0 Å². The minimum Gasteiger partial charge on any atom is -0.135 e. The van der Waals surface area contributed by atoms with Gasteiger partial charge in [0.25, 0.3) is 0 Å². The zero-order valence-corrected chi connectivity index (χ0v) is 13.9. The molecule has 0 saturated carbocycles. The first kappa shape index (κ1) is 13.5. The molecule has 0 bridgehead atoms. The average molecular weight is 302 g/mol. The Hall–Kier alpha value is -2.12. The number of aryl methyl sites for hydroxylation is 3. The molecule has 0 amide bonds. The van der Waals surface area contributed by atoms with Crippen LogP contribution in [-0.4, -0.2) is 0 Å². The van der Waals surface area contributed by atoms with Crippen LogP contribution >= 0.6 is 11.3 Å². The maximum Gasteiger partial charge on any atom is 0.0389 e. The molecule has 1 aromatic heterocycles. The van der Waals surface area contributed by atoms with E-state index in [4.69, 9.17) is 0 Å². The van der Waals surface area contributed by atoms with Crippen molar-refractivity contribution in [3.63, 3.8) is 0 Å². The summed E-state index contributed by atoms with van der Waals surface area (Å²) < 4.78 is 2.82. The van der Waals surface area contributed by atoms with E-state index in [2.05, 4.69) is 75.4 Å². The largest absolute Gasteiger partial charge is 0.135 e. The highest BCUT2D eigenvalue weighted by Gasteiger charge is 2.12. The van der Waals surface area contributed by atoms with Crippen molar-refractivity contribution in [1.82, 2.24) is 0 Å². The lowest BCUT2D eigenvalue weighted by molar-refractivity contribution is 1.36. The summed E-state index contributed by atoms with van der Waals surface area (Å²) >= 11 is 1.93. The lowest BCUT2D eigenvalue weighted by Crippen LogP contribution is -1.84. The van der Waals surface area contributed by atoms with Crippen LogP contribution in [0.2, 0.25) is 0 Å². The van der Waals surface area contributed by atoms with Gasteiger partial charge in [0, 0.05) is 20.2 Å². The van der Waals surface area contributed by atoms with Crippen LogP contribution in [0.1, 0.15) is 16.7 Å². The molecule has 108 valence electrons. The summed E-state index contributed by atoms with van der Waals surface area (Å²) in [5.74, 6) is 0. The van der Waals surface area contributed by atoms with Gasteiger partial charge in [-0.2, -0.15) is 0 Å². The van der Waals surface area contributed by atoms with Crippen molar-refractivity contribution >= 4 is 31.5 Å². The molecule has 22 heavy (non-hydrogen) atoms. The SMILES string of the molecule is Cc1cc(C)c2c(sc3cc(-c4ccccc4)ccc32)c1C. The molecule has 0 radical (unpaired) electrons. The molecule has 3 aromatic carbocycles. The Balaban J connectivity index is 2.04. The van der Waals surface area contributed by atoms with Gasteiger partial charge < -0.3 is 0 Å². The third-order valence-electron chi connectivity index (χ3n) is 4.56. The normalized spacial score (nSPS) is 11.4.